The number of nitrogens with one attached hydrogen (secondary N) is 1. The molecule has 0 aromatic heterocycles. The highest BCUT2D eigenvalue weighted by Crippen LogP contribution is 2.13. The van der Waals surface area contributed by atoms with Crippen molar-refractivity contribution in [1.82, 2.24) is 5.32 Å². The van der Waals surface area contributed by atoms with Crippen LogP contribution >= 0.6 is 0 Å². The number of aromatic hydroxyl groups is 1. The van der Waals surface area contributed by atoms with Crippen molar-refractivity contribution in [1.29, 1.82) is 0 Å². The van der Waals surface area contributed by atoms with Crippen LogP contribution in [0.3, 0.4) is 0 Å². The molecule has 1 unspecified atom stereocenters. The van der Waals surface area contributed by atoms with E-state index in [1.54, 1.807) is 12.1 Å². The monoisotopic (exact) mass is 249 g/mol. The summed E-state index contributed by atoms with van der Waals surface area (Å²) in [5.41, 5.74) is 1.32. The van der Waals surface area contributed by atoms with Crippen LogP contribution in [0.4, 0.5) is 0 Å². The van der Waals surface area contributed by atoms with Crippen LogP contribution in [0.2, 0.25) is 0 Å². The Labute approximate surface area is 111 Å². The molecule has 102 valence electrons. The molecule has 1 atom stereocenters. The maximum absolute atomic E-state index is 9.23. The summed E-state index contributed by atoms with van der Waals surface area (Å²) in [5, 5.41) is 12.9. The molecule has 1 rings (SSSR count). The highest BCUT2D eigenvalue weighted by atomic mass is 16.3. The fourth-order valence-electron chi connectivity index (χ4n) is 2.26. The molecular formula is C16H27NO. The van der Waals surface area contributed by atoms with Crippen LogP contribution in [0, 0.1) is 0 Å². The molecule has 1 aromatic rings. The fourth-order valence-corrected chi connectivity index (χ4v) is 2.26. The predicted molar refractivity (Wildman–Crippen MR) is 78.0 cm³/mol. The Morgan fingerprint density at radius 1 is 1.06 bits per heavy atom. The SMILES string of the molecule is CCCNC(CCC)CCCc1ccc(O)cc1. The number of aryl methyl sites for hydroxylation is 1. The summed E-state index contributed by atoms with van der Waals surface area (Å²) >= 11 is 0. The van der Waals surface area contributed by atoms with Crippen LogP contribution in [0.1, 0.15) is 51.5 Å². The molecule has 0 bridgehead atoms. The van der Waals surface area contributed by atoms with Crippen LogP contribution in [-0.4, -0.2) is 17.7 Å². The molecule has 0 aliphatic rings. The van der Waals surface area contributed by atoms with Crippen molar-refractivity contribution in [2.45, 2.75) is 58.4 Å². The summed E-state index contributed by atoms with van der Waals surface area (Å²) < 4.78 is 0. The number of phenols is 1. The maximum atomic E-state index is 9.23. The normalized spacial score (nSPS) is 12.6. The van der Waals surface area contributed by atoms with Gasteiger partial charge in [0, 0.05) is 6.04 Å². The lowest BCUT2D eigenvalue weighted by Crippen LogP contribution is -2.29. The van der Waals surface area contributed by atoms with E-state index in [2.05, 4.69) is 19.2 Å². The van der Waals surface area contributed by atoms with Crippen molar-refractivity contribution in [3.05, 3.63) is 29.8 Å². The lowest BCUT2D eigenvalue weighted by molar-refractivity contribution is 0.437. The van der Waals surface area contributed by atoms with Crippen molar-refractivity contribution >= 4 is 0 Å². The predicted octanol–water partition coefficient (Wildman–Crippen LogP) is 3.88. The Bertz CT molecular complexity index is 307. The summed E-state index contributed by atoms with van der Waals surface area (Å²) in [5.74, 6) is 0.354. The van der Waals surface area contributed by atoms with E-state index in [1.807, 2.05) is 12.1 Å². The molecule has 0 aliphatic carbocycles. The Balaban J connectivity index is 2.26. The van der Waals surface area contributed by atoms with Crippen molar-refractivity contribution < 1.29 is 5.11 Å². The van der Waals surface area contributed by atoms with Crippen LogP contribution in [0.25, 0.3) is 0 Å². The van der Waals surface area contributed by atoms with Gasteiger partial charge in [0.05, 0.1) is 0 Å². The van der Waals surface area contributed by atoms with E-state index in [9.17, 15) is 5.11 Å². The molecule has 1 aromatic carbocycles. The van der Waals surface area contributed by atoms with Gasteiger partial charge in [0.25, 0.3) is 0 Å². The first kappa shape index (κ1) is 15.0. The summed E-state index contributed by atoms with van der Waals surface area (Å²) in [4.78, 5) is 0. The molecular weight excluding hydrogens is 222 g/mol. The minimum atomic E-state index is 0.354. The molecule has 2 nitrogen and oxygen atoms in total. The van der Waals surface area contributed by atoms with E-state index < -0.39 is 0 Å². The van der Waals surface area contributed by atoms with E-state index in [-0.39, 0.29) is 0 Å². The minimum absolute atomic E-state index is 0.354. The molecule has 2 N–H and O–H groups in total. The third-order valence-electron chi connectivity index (χ3n) is 3.27. The zero-order valence-corrected chi connectivity index (χ0v) is 11.8. The molecule has 0 radical (unpaired) electrons. The lowest BCUT2D eigenvalue weighted by atomic mass is 10.0. The number of benzene rings is 1. The molecule has 2 heteroatoms. The van der Waals surface area contributed by atoms with Gasteiger partial charge < -0.3 is 10.4 Å². The van der Waals surface area contributed by atoms with Gasteiger partial charge >= 0.3 is 0 Å². The molecule has 0 saturated heterocycles. The Hall–Kier alpha value is -1.02. The number of hydrogen-bond donors (Lipinski definition) is 2. The lowest BCUT2D eigenvalue weighted by Gasteiger charge is -2.17. The first-order chi connectivity index (χ1) is 8.76. The average Bonchev–Trinajstić information content (AvgIpc) is 2.38. The summed E-state index contributed by atoms with van der Waals surface area (Å²) in [6.07, 6.45) is 7.30. The van der Waals surface area contributed by atoms with Gasteiger partial charge in [-0.3, -0.25) is 0 Å². The van der Waals surface area contributed by atoms with Gasteiger partial charge in [-0.1, -0.05) is 32.4 Å². The third-order valence-corrected chi connectivity index (χ3v) is 3.27. The standard InChI is InChI=1S/C16H27NO/c1-3-6-15(17-13-4-2)8-5-7-14-9-11-16(18)12-10-14/h9-12,15,17-18H,3-8,13H2,1-2H3. The van der Waals surface area contributed by atoms with Crippen molar-refractivity contribution in [2.24, 2.45) is 0 Å². The smallest absolute Gasteiger partial charge is 0.115 e. The topological polar surface area (TPSA) is 32.3 Å². The van der Waals surface area contributed by atoms with Gasteiger partial charge in [-0.15, -0.1) is 0 Å². The molecule has 18 heavy (non-hydrogen) atoms. The van der Waals surface area contributed by atoms with Crippen molar-refractivity contribution in [3.8, 4) is 5.75 Å². The van der Waals surface area contributed by atoms with Gasteiger partial charge in [-0.2, -0.15) is 0 Å². The largest absolute Gasteiger partial charge is 0.508 e. The van der Waals surface area contributed by atoms with Gasteiger partial charge in [-0.05, 0) is 56.3 Å². The zero-order valence-electron chi connectivity index (χ0n) is 11.8. The van der Waals surface area contributed by atoms with Gasteiger partial charge in [0.15, 0.2) is 0 Å². The zero-order chi connectivity index (χ0) is 13.2. The Morgan fingerprint density at radius 2 is 1.78 bits per heavy atom. The molecule has 0 heterocycles. The van der Waals surface area contributed by atoms with Crippen molar-refractivity contribution in [3.63, 3.8) is 0 Å². The molecule has 0 saturated carbocycles. The van der Waals surface area contributed by atoms with E-state index in [0.717, 1.165) is 13.0 Å². The number of rotatable bonds is 9. The average molecular weight is 249 g/mol. The first-order valence-corrected chi connectivity index (χ1v) is 7.27. The highest BCUT2D eigenvalue weighted by molar-refractivity contribution is 5.25. The van der Waals surface area contributed by atoms with E-state index in [4.69, 9.17) is 0 Å². The second kappa shape index (κ2) is 8.98. The number of phenolic OH excluding ortho intramolecular Hbond substituents is 1. The van der Waals surface area contributed by atoms with Gasteiger partial charge in [-0.25, -0.2) is 0 Å². The third kappa shape index (κ3) is 6.06. The van der Waals surface area contributed by atoms with Crippen LogP contribution in [0.5, 0.6) is 5.75 Å². The Kier molecular flexibility index (Phi) is 7.51. The van der Waals surface area contributed by atoms with Crippen LogP contribution < -0.4 is 5.32 Å². The van der Waals surface area contributed by atoms with Gasteiger partial charge in [0.2, 0.25) is 0 Å². The van der Waals surface area contributed by atoms with Gasteiger partial charge in [0.1, 0.15) is 5.75 Å². The van der Waals surface area contributed by atoms with Crippen LogP contribution in [-0.2, 0) is 6.42 Å². The quantitative estimate of drug-likeness (QED) is 0.696. The second-order valence-electron chi connectivity index (χ2n) is 5.00. The Morgan fingerprint density at radius 3 is 2.39 bits per heavy atom. The number of hydrogen-bond acceptors (Lipinski definition) is 2. The first-order valence-electron chi connectivity index (χ1n) is 7.27. The maximum Gasteiger partial charge on any atom is 0.115 e. The minimum Gasteiger partial charge on any atom is -0.508 e. The fraction of sp³-hybridized carbons (Fsp3) is 0.625. The molecule has 0 amide bonds. The highest BCUT2D eigenvalue weighted by Gasteiger charge is 2.06. The summed E-state index contributed by atoms with van der Waals surface area (Å²) in [6, 6.07) is 8.25. The van der Waals surface area contributed by atoms with E-state index >= 15 is 0 Å². The summed E-state index contributed by atoms with van der Waals surface area (Å²) in [6.45, 7) is 5.59. The van der Waals surface area contributed by atoms with E-state index in [0.29, 0.717) is 11.8 Å². The molecule has 0 spiro atoms. The van der Waals surface area contributed by atoms with E-state index in [1.165, 1.54) is 37.7 Å². The summed E-state index contributed by atoms with van der Waals surface area (Å²) in [7, 11) is 0. The van der Waals surface area contributed by atoms with Crippen LogP contribution in [0.15, 0.2) is 24.3 Å². The second-order valence-corrected chi connectivity index (χ2v) is 5.00. The molecule has 0 aliphatic heterocycles. The molecule has 0 fully saturated rings. The van der Waals surface area contributed by atoms with Crippen molar-refractivity contribution in [2.75, 3.05) is 6.54 Å².